The molecule has 1 saturated carbocycles. The second kappa shape index (κ2) is 6.25. The van der Waals surface area contributed by atoms with Crippen LogP contribution in [0.4, 0.5) is 0 Å². The molecule has 1 aromatic rings. The summed E-state index contributed by atoms with van der Waals surface area (Å²) in [4.78, 5) is 0. The molecule has 0 spiro atoms. The summed E-state index contributed by atoms with van der Waals surface area (Å²) in [5.41, 5.74) is 1.39. The van der Waals surface area contributed by atoms with Gasteiger partial charge in [-0.3, -0.25) is 0 Å². The summed E-state index contributed by atoms with van der Waals surface area (Å²) in [6, 6.07) is 8.86. The van der Waals surface area contributed by atoms with Crippen LogP contribution in [0.25, 0.3) is 0 Å². The third kappa shape index (κ3) is 3.71. The van der Waals surface area contributed by atoms with Gasteiger partial charge in [-0.25, -0.2) is 0 Å². The molecule has 2 nitrogen and oxygen atoms in total. The molecule has 1 aliphatic heterocycles. The van der Waals surface area contributed by atoms with Crippen LogP contribution in [0.5, 0.6) is 0 Å². The monoisotopic (exact) mass is 279 g/mol. The van der Waals surface area contributed by atoms with Crippen LogP contribution in [0.1, 0.15) is 37.3 Å². The van der Waals surface area contributed by atoms with Gasteiger partial charge in [-0.2, -0.15) is 0 Å². The van der Waals surface area contributed by atoms with E-state index < -0.39 is 0 Å². The van der Waals surface area contributed by atoms with E-state index in [4.69, 9.17) is 16.3 Å². The highest BCUT2D eigenvalue weighted by Crippen LogP contribution is 2.41. The fourth-order valence-electron chi connectivity index (χ4n) is 2.90. The largest absolute Gasteiger partial charge is 0.381 e. The first kappa shape index (κ1) is 13.4. The third-order valence-corrected chi connectivity index (χ3v) is 4.54. The number of benzene rings is 1. The molecule has 1 heterocycles. The molecule has 0 bridgehead atoms. The van der Waals surface area contributed by atoms with Crippen molar-refractivity contribution in [2.75, 3.05) is 19.8 Å². The Bertz CT molecular complexity index is 396. The highest BCUT2D eigenvalue weighted by Gasteiger charge is 2.32. The van der Waals surface area contributed by atoms with E-state index >= 15 is 0 Å². The minimum absolute atomic E-state index is 0.514. The zero-order valence-corrected chi connectivity index (χ0v) is 12.0. The highest BCUT2D eigenvalue weighted by molar-refractivity contribution is 6.30. The van der Waals surface area contributed by atoms with Crippen LogP contribution in [0.3, 0.4) is 0 Å². The zero-order valence-electron chi connectivity index (χ0n) is 11.3. The van der Waals surface area contributed by atoms with Crippen molar-refractivity contribution in [2.45, 2.75) is 31.7 Å². The first-order valence-electron chi connectivity index (χ1n) is 7.39. The maximum atomic E-state index is 5.98. The van der Waals surface area contributed by atoms with Gasteiger partial charge in [-0.1, -0.05) is 23.7 Å². The molecule has 0 aromatic heterocycles. The van der Waals surface area contributed by atoms with Crippen molar-refractivity contribution in [2.24, 2.45) is 11.8 Å². The highest BCUT2D eigenvalue weighted by atomic mass is 35.5. The van der Waals surface area contributed by atoms with Crippen molar-refractivity contribution >= 4 is 11.6 Å². The van der Waals surface area contributed by atoms with Crippen molar-refractivity contribution in [1.82, 2.24) is 5.32 Å². The van der Waals surface area contributed by atoms with E-state index in [0.29, 0.717) is 6.04 Å². The molecule has 0 radical (unpaired) electrons. The van der Waals surface area contributed by atoms with Crippen LogP contribution in [0.2, 0.25) is 5.02 Å². The molecule has 2 aliphatic rings. The van der Waals surface area contributed by atoms with E-state index in [-0.39, 0.29) is 0 Å². The SMILES string of the molecule is Clc1ccc(C(NCC2CCOCC2)C2CC2)cc1. The Balaban J connectivity index is 1.59. The lowest BCUT2D eigenvalue weighted by atomic mass is 9.97. The van der Waals surface area contributed by atoms with Crippen molar-refractivity contribution in [3.63, 3.8) is 0 Å². The van der Waals surface area contributed by atoms with E-state index in [1.807, 2.05) is 12.1 Å². The molecule has 2 fully saturated rings. The molecule has 1 aromatic carbocycles. The van der Waals surface area contributed by atoms with Crippen LogP contribution in [-0.2, 0) is 4.74 Å². The quantitative estimate of drug-likeness (QED) is 0.885. The smallest absolute Gasteiger partial charge is 0.0469 e. The molecule has 1 N–H and O–H groups in total. The molecule has 3 heteroatoms. The van der Waals surface area contributed by atoms with Gasteiger partial charge in [0.05, 0.1) is 0 Å². The molecule has 1 saturated heterocycles. The van der Waals surface area contributed by atoms with Gasteiger partial charge in [0.2, 0.25) is 0 Å². The average molecular weight is 280 g/mol. The lowest BCUT2D eigenvalue weighted by molar-refractivity contribution is 0.0652. The molecule has 1 unspecified atom stereocenters. The maximum absolute atomic E-state index is 5.98. The van der Waals surface area contributed by atoms with E-state index in [1.54, 1.807) is 0 Å². The first-order chi connectivity index (χ1) is 9.33. The van der Waals surface area contributed by atoms with E-state index in [9.17, 15) is 0 Å². The molecule has 104 valence electrons. The molecular formula is C16H22ClNO. The second-order valence-corrected chi connectivity index (χ2v) is 6.27. The maximum Gasteiger partial charge on any atom is 0.0469 e. The van der Waals surface area contributed by atoms with E-state index in [0.717, 1.165) is 36.6 Å². The molecule has 3 rings (SSSR count). The Morgan fingerprint density at radius 3 is 2.42 bits per heavy atom. The van der Waals surface area contributed by atoms with Gasteiger partial charge in [-0.05, 0) is 61.8 Å². The molecular weight excluding hydrogens is 258 g/mol. The Morgan fingerprint density at radius 2 is 1.79 bits per heavy atom. The molecule has 19 heavy (non-hydrogen) atoms. The molecule has 1 aliphatic carbocycles. The number of halogens is 1. The van der Waals surface area contributed by atoms with Crippen molar-refractivity contribution < 1.29 is 4.74 Å². The first-order valence-corrected chi connectivity index (χ1v) is 7.77. The van der Waals surface area contributed by atoms with Crippen molar-refractivity contribution in [1.29, 1.82) is 0 Å². The van der Waals surface area contributed by atoms with Crippen molar-refractivity contribution in [3.8, 4) is 0 Å². The average Bonchev–Trinajstić information content (AvgIpc) is 3.27. The summed E-state index contributed by atoms with van der Waals surface area (Å²) < 4.78 is 5.42. The van der Waals surface area contributed by atoms with Gasteiger partial charge in [-0.15, -0.1) is 0 Å². The summed E-state index contributed by atoms with van der Waals surface area (Å²) in [5, 5.41) is 4.61. The fourth-order valence-corrected chi connectivity index (χ4v) is 3.03. The molecule has 1 atom stereocenters. The van der Waals surface area contributed by atoms with Crippen LogP contribution in [0.15, 0.2) is 24.3 Å². The Labute approximate surface area is 120 Å². The van der Waals surface area contributed by atoms with Crippen LogP contribution in [-0.4, -0.2) is 19.8 Å². The number of nitrogens with one attached hydrogen (secondary N) is 1. The Kier molecular flexibility index (Phi) is 4.42. The van der Waals surface area contributed by atoms with Gasteiger partial charge in [0.1, 0.15) is 0 Å². The fraction of sp³-hybridized carbons (Fsp3) is 0.625. The summed E-state index contributed by atoms with van der Waals surface area (Å²) in [7, 11) is 0. The summed E-state index contributed by atoms with van der Waals surface area (Å²) in [5.74, 6) is 1.60. The number of hydrogen-bond acceptors (Lipinski definition) is 2. The van der Waals surface area contributed by atoms with E-state index in [1.165, 1.54) is 31.2 Å². The lowest BCUT2D eigenvalue weighted by Gasteiger charge is -2.26. The van der Waals surface area contributed by atoms with Crippen LogP contribution < -0.4 is 5.32 Å². The minimum atomic E-state index is 0.514. The number of ether oxygens (including phenoxy) is 1. The third-order valence-electron chi connectivity index (χ3n) is 4.29. The Hall–Kier alpha value is -0.570. The van der Waals surface area contributed by atoms with E-state index in [2.05, 4.69) is 17.4 Å². The summed E-state index contributed by atoms with van der Waals surface area (Å²) in [6.45, 7) is 2.98. The second-order valence-electron chi connectivity index (χ2n) is 5.83. The van der Waals surface area contributed by atoms with Crippen molar-refractivity contribution in [3.05, 3.63) is 34.9 Å². The predicted octanol–water partition coefficient (Wildman–Crippen LogP) is 3.81. The van der Waals surface area contributed by atoms with Gasteiger partial charge in [0, 0.05) is 24.3 Å². The summed E-state index contributed by atoms with van der Waals surface area (Å²) in [6.07, 6.45) is 5.11. The predicted molar refractivity (Wildman–Crippen MR) is 78.5 cm³/mol. The van der Waals surface area contributed by atoms with Gasteiger partial charge >= 0.3 is 0 Å². The summed E-state index contributed by atoms with van der Waals surface area (Å²) >= 11 is 5.98. The van der Waals surface area contributed by atoms with Gasteiger partial charge < -0.3 is 10.1 Å². The lowest BCUT2D eigenvalue weighted by Crippen LogP contribution is -2.31. The van der Waals surface area contributed by atoms with Crippen LogP contribution >= 0.6 is 11.6 Å². The van der Waals surface area contributed by atoms with Gasteiger partial charge in [0.15, 0.2) is 0 Å². The number of rotatable bonds is 5. The topological polar surface area (TPSA) is 21.3 Å². The number of hydrogen-bond donors (Lipinski definition) is 1. The standard InChI is InChI=1S/C16H22ClNO/c17-15-5-3-14(4-6-15)16(13-1-2-13)18-11-12-7-9-19-10-8-12/h3-6,12-13,16,18H,1-2,7-11H2. The van der Waals surface area contributed by atoms with Crippen LogP contribution in [0, 0.1) is 11.8 Å². The minimum Gasteiger partial charge on any atom is -0.381 e. The molecule has 0 amide bonds. The zero-order chi connectivity index (χ0) is 13.1. The van der Waals surface area contributed by atoms with Gasteiger partial charge in [0.25, 0.3) is 0 Å². The Morgan fingerprint density at radius 1 is 1.11 bits per heavy atom. The normalized spacial score (nSPS) is 22.4.